The molecule has 0 aliphatic carbocycles. The number of likely N-dealkylation sites (tertiary alicyclic amines) is 1. The Morgan fingerprint density at radius 3 is 2.40 bits per heavy atom. The molecule has 1 aromatic rings. The summed E-state index contributed by atoms with van der Waals surface area (Å²) < 4.78 is 32.3. The highest BCUT2D eigenvalue weighted by atomic mass is 32.2. The van der Waals surface area contributed by atoms with E-state index in [-0.39, 0.29) is 29.2 Å². The van der Waals surface area contributed by atoms with Gasteiger partial charge in [0, 0.05) is 5.69 Å². The van der Waals surface area contributed by atoms with Crippen molar-refractivity contribution in [2.75, 3.05) is 31.6 Å². The summed E-state index contributed by atoms with van der Waals surface area (Å²) >= 11 is 0. The normalized spacial score (nSPS) is 15.4. The number of sulfonamides is 1. The van der Waals surface area contributed by atoms with Crippen LogP contribution in [0.15, 0.2) is 33.6 Å². The summed E-state index contributed by atoms with van der Waals surface area (Å²) in [5.74, 6) is -1.03. The summed E-state index contributed by atoms with van der Waals surface area (Å²) in [6.07, 6.45) is 3.17. The second-order valence-corrected chi connectivity index (χ2v) is 8.74. The lowest BCUT2D eigenvalue weighted by Crippen LogP contribution is -2.41. The molecule has 1 aliphatic rings. The van der Waals surface area contributed by atoms with Crippen molar-refractivity contribution in [1.29, 1.82) is 0 Å². The second-order valence-electron chi connectivity index (χ2n) is 7.14. The maximum Gasteiger partial charge on any atom is 0.309 e. The molecule has 1 aromatic carbocycles. The maximum absolute atomic E-state index is 12.3. The predicted octanol–water partition coefficient (Wildman–Crippen LogP) is 0.643. The number of nitrogens with one attached hydrogen (secondary N) is 1. The van der Waals surface area contributed by atoms with Crippen molar-refractivity contribution in [3.63, 3.8) is 0 Å². The van der Waals surface area contributed by atoms with Gasteiger partial charge in [-0.2, -0.15) is 8.42 Å². The standard InChI is InChI=1S/C19H29N5O5S/c1-2-3-12-29-18(26)14-8-10-24(11-9-14)13-17(25)22-15-4-6-16(7-5-15)30(27,28)23-19(20)21/h4-7,14H,2-3,8-13H2,1H3,(H,22,25)(H4,20,21,23). The van der Waals surface area contributed by atoms with Gasteiger partial charge in [-0.25, -0.2) is 0 Å². The van der Waals surface area contributed by atoms with Crippen LogP contribution in [0.5, 0.6) is 0 Å². The molecule has 30 heavy (non-hydrogen) atoms. The first-order chi connectivity index (χ1) is 14.2. The molecule has 1 aliphatic heterocycles. The molecule has 5 N–H and O–H groups in total. The van der Waals surface area contributed by atoms with E-state index in [9.17, 15) is 18.0 Å². The van der Waals surface area contributed by atoms with Crippen LogP contribution in [0.25, 0.3) is 0 Å². The van der Waals surface area contributed by atoms with Gasteiger partial charge in [0.1, 0.15) is 0 Å². The molecule has 2 rings (SSSR count). The molecule has 0 unspecified atom stereocenters. The van der Waals surface area contributed by atoms with Gasteiger partial charge in [0.2, 0.25) is 11.9 Å². The Balaban J connectivity index is 1.80. The average Bonchev–Trinajstić information content (AvgIpc) is 2.68. The van der Waals surface area contributed by atoms with E-state index in [1.165, 1.54) is 24.3 Å². The molecule has 1 heterocycles. The fourth-order valence-corrected chi connectivity index (χ4v) is 3.93. The minimum Gasteiger partial charge on any atom is -0.465 e. The Hall–Kier alpha value is -2.66. The zero-order valence-electron chi connectivity index (χ0n) is 17.0. The van der Waals surface area contributed by atoms with Crippen LogP contribution in [0.1, 0.15) is 32.6 Å². The summed E-state index contributed by atoms with van der Waals surface area (Å²) in [7, 11) is -3.97. The van der Waals surface area contributed by atoms with Crippen molar-refractivity contribution in [2.45, 2.75) is 37.5 Å². The number of carbonyl (C=O) groups excluding carboxylic acids is 2. The van der Waals surface area contributed by atoms with Crippen molar-refractivity contribution in [1.82, 2.24) is 4.90 Å². The number of hydrogen-bond donors (Lipinski definition) is 3. The van der Waals surface area contributed by atoms with E-state index < -0.39 is 16.0 Å². The number of nitrogens with zero attached hydrogens (tertiary/aromatic N) is 2. The number of guanidine groups is 1. The number of rotatable bonds is 9. The first kappa shape index (κ1) is 23.6. The Labute approximate surface area is 176 Å². The van der Waals surface area contributed by atoms with Crippen LogP contribution in [-0.2, 0) is 24.3 Å². The summed E-state index contributed by atoms with van der Waals surface area (Å²) in [4.78, 5) is 26.2. The predicted molar refractivity (Wildman–Crippen MR) is 113 cm³/mol. The van der Waals surface area contributed by atoms with E-state index in [2.05, 4.69) is 9.71 Å². The molecular weight excluding hydrogens is 410 g/mol. The first-order valence-corrected chi connectivity index (χ1v) is 11.3. The van der Waals surface area contributed by atoms with Crippen molar-refractivity contribution in [3.8, 4) is 0 Å². The lowest BCUT2D eigenvalue weighted by atomic mass is 9.97. The number of carbonyl (C=O) groups is 2. The topological polar surface area (TPSA) is 157 Å². The van der Waals surface area contributed by atoms with E-state index in [0.29, 0.717) is 38.2 Å². The zero-order valence-corrected chi connectivity index (χ0v) is 17.9. The number of piperidine rings is 1. The van der Waals surface area contributed by atoms with Gasteiger partial charge >= 0.3 is 5.97 Å². The fourth-order valence-electron chi connectivity index (χ4n) is 3.07. The molecule has 10 nitrogen and oxygen atoms in total. The number of nitrogens with two attached hydrogens (primary N) is 2. The number of hydrogen-bond acceptors (Lipinski definition) is 6. The number of benzene rings is 1. The van der Waals surface area contributed by atoms with Gasteiger partial charge < -0.3 is 21.5 Å². The van der Waals surface area contributed by atoms with E-state index in [1.807, 2.05) is 11.8 Å². The van der Waals surface area contributed by atoms with Crippen LogP contribution in [-0.4, -0.2) is 57.4 Å². The molecule has 1 fully saturated rings. The molecule has 0 radical (unpaired) electrons. The Kier molecular flexibility index (Phi) is 8.60. The number of esters is 1. The number of unbranched alkanes of at least 4 members (excludes halogenated alkanes) is 1. The molecule has 0 atom stereocenters. The summed E-state index contributed by atoms with van der Waals surface area (Å²) in [6, 6.07) is 5.55. The average molecular weight is 440 g/mol. The Morgan fingerprint density at radius 1 is 1.20 bits per heavy atom. The third-order valence-electron chi connectivity index (χ3n) is 4.69. The molecule has 0 aromatic heterocycles. The summed E-state index contributed by atoms with van der Waals surface area (Å²) in [5.41, 5.74) is 10.7. The lowest BCUT2D eigenvalue weighted by Gasteiger charge is -2.30. The lowest BCUT2D eigenvalue weighted by molar-refractivity contribution is -0.150. The van der Waals surface area contributed by atoms with Crippen molar-refractivity contribution >= 4 is 33.5 Å². The fraction of sp³-hybridized carbons (Fsp3) is 0.526. The van der Waals surface area contributed by atoms with Crippen molar-refractivity contribution in [2.24, 2.45) is 21.8 Å². The second kappa shape index (κ2) is 10.9. The first-order valence-electron chi connectivity index (χ1n) is 9.86. The van der Waals surface area contributed by atoms with Crippen molar-refractivity contribution in [3.05, 3.63) is 24.3 Å². The van der Waals surface area contributed by atoms with E-state index in [0.717, 1.165) is 12.8 Å². The zero-order chi connectivity index (χ0) is 22.1. The number of amides is 1. The quantitative estimate of drug-likeness (QED) is 0.219. The van der Waals surface area contributed by atoms with Gasteiger partial charge in [-0.1, -0.05) is 13.3 Å². The van der Waals surface area contributed by atoms with Gasteiger partial charge in [-0.05, 0) is 56.6 Å². The summed E-state index contributed by atoms with van der Waals surface area (Å²) in [5, 5.41) is 2.72. The minimum atomic E-state index is -3.97. The Bertz CT molecular complexity index is 858. The maximum atomic E-state index is 12.3. The van der Waals surface area contributed by atoms with E-state index >= 15 is 0 Å². The van der Waals surface area contributed by atoms with Gasteiger partial charge in [0.15, 0.2) is 0 Å². The smallest absolute Gasteiger partial charge is 0.309 e. The van der Waals surface area contributed by atoms with Gasteiger partial charge in [-0.15, -0.1) is 4.40 Å². The van der Waals surface area contributed by atoms with Gasteiger partial charge in [0.25, 0.3) is 10.0 Å². The largest absolute Gasteiger partial charge is 0.465 e. The SMILES string of the molecule is CCCCOC(=O)C1CCN(CC(=O)Nc2ccc(S(=O)(=O)N=C(N)N)cc2)CC1. The van der Waals surface area contributed by atoms with Crippen LogP contribution in [0.3, 0.4) is 0 Å². The van der Waals surface area contributed by atoms with Crippen LogP contribution in [0.4, 0.5) is 5.69 Å². The third kappa shape index (κ3) is 7.30. The highest BCUT2D eigenvalue weighted by Crippen LogP contribution is 2.19. The van der Waals surface area contributed by atoms with Crippen molar-refractivity contribution < 1.29 is 22.7 Å². The molecule has 0 saturated carbocycles. The number of ether oxygens (including phenoxy) is 1. The highest BCUT2D eigenvalue weighted by Gasteiger charge is 2.27. The highest BCUT2D eigenvalue weighted by molar-refractivity contribution is 7.90. The van der Waals surface area contributed by atoms with E-state index in [1.54, 1.807) is 0 Å². The number of anilines is 1. The van der Waals surface area contributed by atoms with E-state index in [4.69, 9.17) is 16.2 Å². The molecular formula is C19H29N5O5S. The molecule has 166 valence electrons. The molecule has 1 amide bonds. The molecule has 1 saturated heterocycles. The van der Waals surface area contributed by atoms with Crippen LogP contribution < -0.4 is 16.8 Å². The monoisotopic (exact) mass is 439 g/mol. The molecule has 11 heteroatoms. The van der Waals surface area contributed by atoms with Crippen LogP contribution in [0, 0.1) is 5.92 Å². The van der Waals surface area contributed by atoms with Gasteiger partial charge in [0.05, 0.1) is 24.0 Å². The van der Waals surface area contributed by atoms with Gasteiger partial charge in [-0.3, -0.25) is 14.5 Å². The minimum absolute atomic E-state index is 0.0817. The third-order valence-corrected chi connectivity index (χ3v) is 6.01. The molecule has 0 spiro atoms. The van der Waals surface area contributed by atoms with Crippen LogP contribution in [0.2, 0.25) is 0 Å². The Morgan fingerprint density at radius 2 is 1.83 bits per heavy atom. The van der Waals surface area contributed by atoms with Crippen LogP contribution >= 0.6 is 0 Å². The molecule has 0 bridgehead atoms. The summed E-state index contributed by atoms with van der Waals surface area (Å²) in [6.45, 7) is 3.96.